The number of ketones is 2. The fourth-order valence-electron chi connectivity index (χ4n) is 1.37. The van der Waals surface area contributed by atoms with Gasteiger partial charge in [-0.05, 0) is 0 Å². The van der Waals surface area contributed by atoms with Crippen molar-refractivity contribution in [2.24, 2.45) is 4.99 Å². The van der Waals surface area contributed by atoms with Gasteiger partial charge in [0.1, 0.15) is 6.54 Å². The number of rotatable bonds is 0. The third-order valence-electron chi connectivity index (χ3n) is 1.91. The van der Waals surface area contributed by atoms with Crippen LogP contribution >= 0.6 is 0 Å². The van der Waals surface area contributed by atoms with E-state index in [1.54, 1.807) is 18.4 Å². The molecule has 0 aromatic carbocycles. The lowest BCUT2D eigenvalue weighted by Gasteiger charge is -2.13. The highest BCUT2D eigenvalue weighted by Crippen LogP contribution is 2.18. The number of carbonyl (C=O) groups is 2. The first kappa shape index (κ1) is 7.16. The van der Waals surface area contributed by atoms with Crippen LogP contribution in [0.1, 0.15) is 6.42 Å². The van der Waals surface area contributed by atoms with Crippen molar-refractivity contribution in [1.29, 1.82) is 0 Å². The second-order valence-electron chi connectivity index (χ2n) is 2.75. The average Bonchev–Trinajstić information content (AvgIpc) is 2.04. The quantitative estimate of drug-likeness (QED) is 0.485. The number of allylic oxidation sites excluding steroid dienone is 3. The molecular formula is C9H7NO2. The van der Waals surface area contributed by atoms with E-state index in [9.17, 15) is 9.59 Å². The summed E-state index contributed by atoms with van der Waals surface area (Å²) in [4.78, 5) is 26.3. The Morgan fingerprint density at radius 2 is 2.08 bits per heavy atom. The average molecular weight is 161 g/mol. The zero-order chi connectivity index (χ0) is 8.55. The van der Waals surface area contributed by atoms with Crippen LogP contribution in [0.2, 0.25) is 0 Å². The van der Waals surface area contributed by atoms with Gasteiger partial charge in [0.15, 0.2) is 11.6 Å². The summed E-state index contributed by atoms with van der Waals surface area (Å²) in [6.45, 7) is 0.123. The monoisotopic (exact) mass is 161 g/mol. The Hall–Kier alpha value is -1.51. The third-order valence-corrected chi connectivity index (χ3v) is 1.91. The van der Waals surface area contributed by atoms with Crippen LogP contribution in [0.3, 0.4) is 0 Å². The van der Waals surface area contributed by atoms with E-state index in [0.717, 1.165) is 0 Å². The van der Waals surface area contributed by atoms with Gasteiger partial charge >= 0.3 is 0 Å². The summed E-state index contributed by atoms with van der Waals surface area (Å²) in [5.74, 6) is -0.231. The Morgan fingerprint density at radius 1 is 1.25 bits per heavy atom. The summed E-state index contributed by atoms with van der Waals surface area (Å²) in [5.41, 5.74) is 1.01. The first-order chi connectivity index (χ1) is 5.79. The zero-order valence-corrected chi connectivity index (χ0v) is 6.41. The molecule has 0 radical (unpaired) electrons. The van der Waals surface area contributed by atoms with Gasteiger partial charge < -0.3 is 0 Å². The van der Waals surface area contributed by atoms with Gasteiger partial charge in [-0.15, -0.1) is 0 Å². The lowest BCUT2D eigenvalue weighted by Crippen LogP contribution is -2.22. The van der Waals surface area contributed by atoms with Crippen LogP contribution in [-0.4, -0.2) is 24.3 Å². The SMILES string of the molecule is O=C1CC=CC2=C1C(=O)CN=C2. The van der Waals surface area contributed by atoms with Crippen LogP contribution in [0.15, 0.2) is 28.3 Å². The van der Waals surface area contributed by atoms with Crippen LogP contribution in [0, 0.1) is 0 Å². The fourth-order valence-corrected chi connectivity index (χ4v) is 1.37. The predicted molar refractivity (Wildman–Crippen MR) is 44.2 cm³/mol. The molecule has 3 heteroatoms. The van der Waals surface area contributed by atoms with E-state index in [2.05, 4.69) is 4.99 Å². The summed E-state index contributed by atoms with van der Waals surface area (Å²) in [6.07, 6.45) is 5.46. The lowest BCUT2D eigenvalue weighted by molar-refractivity contribution is -0.120. The van der Waals surface area contributed by atoms with Crippen molar-refractivity contribution in [1.82, 2.24) is 0 Å². The molecule has 3 nitrogen and oxygen atoms in total. The Morgan fingerprint density at radius 3 is 2.83 bits per heavy atom. The summed E-state index contributed by atoms with van der Waals surface area (Å²) in [7, 11) is 0. The number of hydrogen-bond acceptors (Lipinski definition) is 3. The van der Waals surface area contributed by atoms with E-state index in [1.807, 2.05) is 0 Å². The zero-order valence-electron chi connectivity index (χ0n) is 6.41. The van der Waals surface area contributed by atoms with Crippen molar-refractivity contribution < 1.29 is 9.59 Å². The molecule has 12 heavy (non-hydrogen) atoms. The van der Waals surface area contributed by atoms with Crippen molar-refractivity contribution >= 4 is 17.8 Å². The van der Waals surface area contributed by atoms with Crippen molar-refractivity contribution in [3.05, 3.63) is 23.3 Å². The van der Waals surface area contributed by atoms with Gasteiger partial charge in [0.05, 0.1) is 5.57 Å². The molecule has 2 rings (SSSR count). The molecule has 0 spiro atoms. The summed E-state index contributed by atoms with van der Waals surface area (Å²) >= 11 is 0. The molecule has 0 unspecified atom stereocenters. The maximum atomic E-state index is 11.2. The Labute approximate surface area is 69.5 Å². The van der Waals surface area contributed by atoms with Crippen LogP contribution in [0.25, 0.3) is 0 Å². The number of dihydropyridines is 1. The van der Waals surface area contributed by atoms with E-state index >= 15 is 0 Å². The Kier molecular flexibility index (Phi) is 1.50. The molecule has 0 fully saturated rings. The number of nitrogens with zero attached hydrogens (tertiary/aromatic N) is 1. The Balaban J connectivity index is 2.54. The number of hydrogen-bond donors (Lipinski definition) is 0. The molecule has 60 valence electrons. The highest BCUT2D eigenvalue weighted by molar-refractivity contribution is 6.26. The molecule has 0 amide bonds. The molecule has 0 aromatic rings. The van der Waals surface area contributed by atoms with Crippen molar-refractivity contribution in [3.8, 4) is 0 Å². The molecule has 0 bridgehead atoms. The molecule has 1 aliphatic heterocycles. The normalized spacial score (nSPS) is 21.7. The number of carbonyl (C=O) groups excluding carboxylic acids is 2. The summed E-state index contributed by atoms with van der Waals surface area (Å²) < 4.78 is 0. The molecular weight excluding hydrogens is 154 g/mol. The molecule has 1 aliphatic carbocycles. The van der Waals surface area contributed by atoms with Gasteiger partial charge in [0.25, 0.3) is 0 Å². The Bertz CT molecular complexity index is 316. The maximum Gasteiger partial charge on any atom is 0.188 e. The van der Waals surface area contributed by atoms with E-state index in [-0.39, 0.29) is 18.1 Å². The van der Waals surface area contributed by atoms with Crippen LogP contribution < -0.4 is 0 Å². The molecule has 0 saturated heterocycles. The van der Waals surface area contributed by atoms with Gasteiger partial charge in [-0.2, -0.15) is 0 Å². The van der Waals surface area contributed by atoms with Gasteiger partial charge in [0, 0.05) is 18.2 Å². The van der Waals surface area contributed by atoms with Crippen LogP contribution in [-0.2, 0) is 9.59 Å². The molecule has 0 atom stereocenters. The second-order valence-corrected chi connectivity index (χ2v) is 2.75. The third kappa shape index (κ3) is 0.942. The predicted octanol–water partition coefficient (Wildman–Crippen LogP) is 0.465. The highest BCUT2D eigenvalue weighted by Gasteiger charge is 2.24. The molecule has 1 heterocycles. The number of aliphatic imine (C=N–C) groups is 1. The summed E-state index contributed by atoms with van der Waals surface area (Å²) in [5, 5.41) is 0. The first-order valence-corrected chi connectivity index (χ1v) is 3.76. The lowest BCUT2D eigenvalue weighted by atomic mass is 9.92. The highest BCUT2D eigenvalue weighted by atomic mass is 16.1. The molecule has 0 saturated carbocycles. The van der Waals surface area contributed by atoms with Crippen molar-refractivity contribution in [3.63, 3.8) is 0 Å². The first-order valence-electron chi connectivity index (χ1n) is 3.76. The minimum absolute atomic E-state index is 0.0800. The van der Waals surface area contributed by atoms with E-state index in [4.69, 9.17) is 0 Å². The standard InChI is InChI=1S/C9H7NO2/c11-7-3-1-2-6-4-10-5-8(12)9(6)7/h1-2,4H,3,5H2. The van der Waals surface area contributed by atoms with E-state index < -0.39 is 0 Å². The largest absolute Gasteiger partial charge is 0.294 e. The topological polar surface area (TPSA) is 46.5 Å². The fraction of sp³-hybridized carbons (Fsp3) is 0.222. The minimum atomic E-state index is -0.151. The van der Waals surface area contributed by atoms with Gasteiger partial charge in [-0.25, -0.2) is 0 Å². The van der Waals surface area contributed by atoms with Gasteiger partial charge in [-0.1, -0.05) is 12.2 Å². The van der Waals surface area contributed by atoms with Crippen molar-refractivity contribution in [2.75, 3.05) is 6.54 Å². The van der Waals surface area contributed by atoms with Gasteiger partial charge in [-0.3, -0.25) is 14.6 Å². The van der Waals surface area contributed by atoms with Crippen LogP contribution in [0.5, 0.6) is 0 Å². The second kappa shape index (κ2) is 2.52. The van der Waals surface area contributed by atoms with Crippen molar-refractivity contribution in [2.45, 2.75) is 6.42 Å². The molecule has 0 N–H and O–H groups in total. The van der Waals surface area contributed by atoms with E-state index in [0.29, 0.717) is 17.6 Å². The molecule has 2 aliphatic rings. The smallest absolute Gasteiger partial charge is 0.188 e. The minimum Gasteiger partial charge on any atom is -0.294 e. The van der Waals surface area contributed by atoms with Crippen LogP contribution in [0.4, 0.5) is 0 Å². The van der Waals surface area contributed by atoms with Gasteiger partial charge in [0.2, 0.25) is 0 Å². The number of Topliss-reactive ketones (excluding diaryl/α,β-unsaturated/α-hetero) is 2. The molecule has 0 aromatic heterocycles. The van der Waals surface area contributed by atoms with E-state index in [1.165, 1.54) is 0 Å². The summed E-state index contributed by atoms with van der Waals surface area (Å²) in [6, 6.07) is 0. The maximum absolute atomic E-state index is 11.2.